The summed E-state index contributed by atoms with van der Waals surface area (Å²) in [6.45, 7) is 0. The maximum absolute atomic E-state index is 12.4. The molecule has 3 rings (SSSR count). The summed E-state index contributed by atoms with van der Waals surface area (Å²) in [5.41, 5.74) is 8.73. The van der Waals surface area contributed by atoms with E-state index in [1.807, 2.05) is 6.07 Å². The molecule has 0 spiro atoms. The normalized spacial score (nSPS) is 11.1. The summed E-state index contributed by atoms with van der Waals surface area (Å²) in [4.78, 5) is 20.5. The highest BCUT2D eigenvalue weighted by molar-refractivity contribution is 7.90. The molecule has 0 atom stereocenters. The number of benzene rings is 2. The number of sulfone groups is 1. The lowest BCUT2D eigenvalue weighted by Gasteiger charge is -2.11. The molecule has 1 heterocycles. The Bertz CT molecular complexity index is 1050. The number of anilines is 2. The van der Waals surface area contributed by atoms with E-state index >= 15 is 0 Å². The molecule has 0 aliphatic rings. The van der Waals surface area contributed by atoms with Crippen molar-refractivity contribution in [1.82, 2.24) is 9.97 Å². The van der Waals surface area contributed by atoms with Crippen LogP contribution in [0.2, 0.25) is 0 Å². The summed E-state index contributed by atoms with van der Waals surface area (Å²) in [7, 11) is -3.31. The molecule has 26 heavy (non-hydrogen) atoms. The molecule has 0 bridgehead atoms. The third-order valence-electron chi connectivity index (χ3n) is 3.74. The lowest BCUT2D eigenvalue weighted by atomic mass is 10.1. The molecule has 1 aromatic heterocycles. The SMILES string of the molecule is CS(=O)(=O)c1ccc(C(=O)Nc2cc(-c3cncnc3)ccc2N)cc1. The van der Waals surface area contributed by atoms with E-state index in [0.29, 0.717) is 16.9 Å². The summed E-state index contributed by atoms with van der Waals surface area (Å²) in [6.07, 6.45) is 5.87. The van der Waals surface area contributed by atoms with Gasteiger partial charge in [-0.15, -0.1) is 0 Å². The number of nitrogen functional groups attached to an aromatic ring is 1. The van der Waals surface area contributed by atoms with Gasteiger partial charge >= 0.3 is 0 Å². The molecule has 132 valence electrons. The van der Waals surface area contributed by atoms with Crippen molar-refractivity contribution in [2.75, 3.05) is 17.3 Å². The van der Waals surface area contributed by atoms with E-state index in [9.17, 15) is 13.2 Å². The number of nitrogens with two attached hydrogens (primary N) is 1. The standard InChI is InChI=1S/C18H16N4O3S/c1-26(24,25)15-5-2-12(3-6-15)18(23)22-17-8-13(4-7-16(17)19)14-9-20-11-21-10-14/h2-11H,19H2,1H3,(H,22,23). The second-order valence-electron chi connectivity index (χ2n) is 5.68. The summed E-state index contributed by atoms with van der Waals surface area (Å²) < 4.78 is 23.0. The van der Waals surface area contributed by atoms with Crippen molar-refractivity contribution >= 4 is 27.1 Å². The van der Waals surface area contributed by atoms with Crippen LogP contribution in [0.1, 0.15) is 10.4 Å². The lowest BCUT2D eigenvalue weighted by molar-refractivity contribution is 0.102. The van der Waals surface area contributed by atoms with Gasteiger partial charge in [0.25, 0.3) is 5.91 Å². The first-order valence-electron chi connectivity index (χ1n) is 7.61. The monoisotopic (exact) mass is 368 g/mol. The van der Waals surface area contributed by atoms with Gasteiger partial charge in [-0.1, -0.05) is 6.07 Å². The van der Waals surface area contributed by atoms with Crippen LogP contribution in [0.4, 0.5) is 11.4 Å². The fraction of sp³-hybridized carbons (Fsp3) is 0.0556. The molecular formula is C18H16N4O3S. The molecule has 0 saturated carbocycles. The quantitative estimate of drug-likeness (QED) is 0.683. The maximum Gasteiger partial charge on any atom is 0.255 e. The van der Waals surface area contributed by atoms with Gasteiger partial charge in [-0.2, -0.15) is 0 Å². The Balaban J connectivity index is 1.85. The fourth-order valence-electron chi connectivity index (χ4n) is 2.34. The number of carbonyl (C=O) groups is 1. The van der Waals surface area contributed by atoms with Crippen molar-refractivity contribution in [3.63, 3.8) is 0 Å². The van der Waals surface area contributed by atoms with Gasteiger partial charge in [0, 0.05) is 29.8 Å². The van der Waals surface area contributed by atoms with Crippen molar-refractivity contribution in [2.45, 2.75) is 4.90 Å². The van der Waals surface area contributed by atoms with Crippen molar-refractivity contribution in [3.05, 3.63) is 66.7 Å². The highest BCUT2D eigenvalue weighted by Gasteiger charge is 2.12. The number of nitrogens with one attached hydrogen (secondary N) is 1. The minimum absolute atomic E-state index is 0.152. The smallest absolute Gasteiger partial charge is 0.255 e. The van der Waals surface area contributed by atoms with Gasteiger partial charge in [-0.25, -0.2) is 18.4 Å². The van der Waals surface area contributed by atoms with E-state index in [-0.39, 0.29) is 4.90 Å². The number of aromatic nitrogens is 2. The molecule has 3 aromatic rings. The molecule has 8 heteroatoms. The molecule has 7 nitrogen and oxygen atoms in total. The zero-order valence-electron chi connectivity index (χ0n) is 13.9. The maximum atomic E-state index is 12.4. The largest absolute Gasteiger partial charge is 0.397 e. The van der Waals surface area contributed by atoms with Crippen molar-refractivity contribution in [2.24, 2.45) is 0 Å². The highest BCUT2D eigenvalue weighted by Crippen LogP contribution is 2.27. The Morgan fingerprint density at radius 3 is 2.27 bits per heavy atom. The van der Waals surface area contributed by atoms with Crippen LogP contribution in [0, 0.1) is 0 Å². The van der Waals surface area contributed by atoms with Gasteiger partial charge in [0.05, 0.1) is 16.3 Å². The first-order valence-corrected chi connectivity index (χ1v) is 9.50. The molecule has 0 radical (unpaired) electrons. The predicted molar refractivity (Wildman–Crippen MR) is 99.4 cm³/mol. The Morgan fingerprint density at radius 2 is 1.65 bits per heavy atom. The summed E-state index contributed by atoms with van der Waals surface area (Å²) in [5.74, 6) is -0.391. The van der Waals surface area contributed by atoms with Gasteiger partial charge in [0.2, 0.25) is 0 Å². The highest BCUT2D eigenvalue weighted by atomic mass is 32.2. The molecule has 0 aliphatic carbocycles. The first kappa shape index (κ1) is 17.6. The number of hydrogen-bond acceptors (Lipinski definition) is 6. The van der Waals surface area contributed by atoms with E-state index < -0.39 is 15.7 Å². The van der Waals surface area contributed by atoms with Gasteiger partial charge in [0.1, 0.15) is 6.33 Å². The summed E-state index contributed by atoms with van der Waals surface area (Å²) in [6, 6.07) is 10.9. The van der Waals surface area contributed by atoms with Gasteiger partial charge in [-0.05, 0) is 42.0 Å². The Hall–Kier alpha value is -3.26. The molecule has 0 saturated heterocycles. The minimum Gasteiger partial charge on any atom is -0.397 e. The average Bonchev–Trinajstić information content (AvgIpc) is 2.63. The molecule has 1 amide bonds. The van der Waals surface area contributed by atoms with Crippen molar-refractivity contribution < 1.29 is 13.2 Å². The van der Waals surface area contributed by atoms with E-state index in [1.54, 1.807) is 24.5 Å². The summed E-state index contributed by atoms with van der Waals surface area (Å²) in [5, 5.41) is 2.74. The van der Waals surface area contributed by atoms with Crippen LogP contribution in [-0.4, -0.2) is 30.5 Å². The molecule has 0 fully saturated rings. The molecule has 3 N–H and O–H groups in total. The number of nitrogens with zero attached hydrogens (tertiary/aromatic N) is 2. The Kier molecular flexibility index (Phi) is 4.68. The number of amides is 1. The van der Waals surface area contributed by atoms with Crippen molar-refractivity contribution in [1.29, 1.82) is 0 Å². The zero-order valence-corrected chi connectivity index (χ0v) is 14.7. The van der Waals surface area contributed by atoms with E-state index in [0.717, 1.165) is 17.4 Å². The third kappa shape index (κ3) is 3.86. The van der Waals surface area contributed by atoms with Gasteiger partial charge < -0.3 is 11.1 Å². The molecule has 0 unspecified atom stereocenters. The van der Waals surface area contributed by atoms with Crippen LogP contribution < -0.4 is 11.1 Å². The van der Waals surface area contributed by atoms with Crippen LogP contribution in [-0.2, 0) is 9.84 Å². The van der Waals surface area contributed by atoms with Gasteiger partial charge in [-0.3, -0.25) is 4.79 Å². The first-order chi connectivity index (χ1) is 12.3. The van der Waals surface area contributed by atoms with Crippen LogP contribution in [0.15, 0.2) is 66.1 Å². The number of carbonyl (C=O) groups excluding carboxylic acids is 1. The predicted octanol–water partition coefficient (Wildman–Crippen LogP) is 2.38. The second-order valence-corrected chi connectivity index (χ2v) is 7.70. The molecular weight excluding hydrogens is 352 g/mol. The second kappa shape index (κ2) is 6.93. The zero-order chi connectivity index (χ0) is 18.7. The Labute approximate surface area is 150 Å². The average molecular weight is 368 g/mol. The number of rotatable bonds is 4. The van der Waals surface area contributed by atoms with E-state index in [4.69, 9.17) is 5.73 Å². The van der Waals surface area contributed by atoms with E-state index in [2.05, 4.69) is 15.3 Å². The molecule has 0 aliphatic heterocycles. The number of hydrogen-bond donors (Lipinski definition) is 2. The van der Waals surface area contributed by atoms with E-state index in [1.165, 1.54) is 30.6 Å². The van der Waals surface area contributed by atoms with Gasteiger partial charge in [0.15, 0.2) is 9.84 Å². The van der Waals surface area contributed by atoms with Crippen LogP contribution >= 0.6 is 0 Å². The topological polar surface area (TPSA) is 115 Å². The fourth-order valence-corrected chi connectivity index (χ4v) is 2.97. The minimum atomic E-state index is -3.31. The third-order valence-corrected chi connectivity index (χ3v) is 4.87. The van der Waals surface area contributed by atoms with Crippen LogP contribution in [0.25, 0.3) is 11.1 Å². The van der Waals surface area contributed by atoms with Crippen LogP contribution in [0.5, 0.6) is 0 Å². The molecule has 2 aromatic carbocycles. The van der Waals surface area contributed by atoms with Crippen LogP contribution in [0.3, 0.4) is 0 Å². The van der Waals surface area contributed by atoms with Crippen molar-refractivity contribution in [3.8, 4) is 11.1 Å². The lowest BCUT2D eigenvalue weighted by Crippen LogP contribution is -2.13. The Morgan fingerprint density at radius 1 is 1.00 bits per heavy atom. The summed E-state index contributed by atoms with van der Waals surface area (Å²) >= 11 is 0.